The van der Waals surface area contributed by atoms with Gasteiger partial charge in [0.2, 0.25) is 5.79 Å². The lowest BCUT2D eigenvalue weighted by molar-refractivity contribution is -0.290. The minimum atomic E-state index is -2.67. The van der Waals surface area contributed by atoms with Crippen LogP contribution in [0.3, 0.4) is 0 Å². The molecule has 21 heavy (non-hydrogen) atoms. The molecule has 0 saturated carbocycles. The first kappa shape index (κ1) is 15.8. The van der Waals surface area contributed by atoms with E-state index in [9.17, 15) is 8.76 Å². The Balaban J connectivity index is 1.86. The first-order valence-electron chi connectivity index (χ1n) is 6.73. The van der Waals surface area contributed by atoms with Crippen LogP contribution in [-0.4, -0.2) is 57.6 Å². The van der Waals surface area contributed by atoms with Crippen molar-refractivity contribution >= 4 is 11.4 Å². The van der Waals surface area contributed by atoms with Crippen molar-refractivity contribution in [2.24, 2.45) is 0 Å². The van der Waals surface area contributed by atoms with E-state index in [0.29, 0.717) is 0 Å². The van der Waals surface area contributed by atoms with Crippen molar-refractivity contribution in [1.29, 1.82) is 0 Å². The summed E-state index contributed by atoms with van der Waals surface area (Å²) in [5.74, 6) is -3.02. The molecule has 1 unspecified atom stereocenters. The summed E-state index contributed by atoms with van der Waals surface area (Å²) in [6.07, 6.45) is -1.36. The molecule has 0 aromatic rings. The van der Waals surface area contributed by atoms with Gasteiger partial charge in [-0.15, -0.1) is 0 Å². The zero-order valence-electron chi connectivity index (χ0n) is 12.3. The van der Waals surface area contributed by atoms with Crippen LogP contribution in [0.2, 0.25) is 0 Å². The van der Waals surface area contributed by atoms with Crippen molar-refractivity contribution in [2.45, 2.75) is 63.4 Å². The maximum Gasteiger partial charge on any atom is 0.225 e. The summed E-state index contributed by atoms with van der Waals surface area (Å²) in [5.41, 5.74) is 0. The van der Waals surface area contributed by atoms with E-state index in [2.05, 4.69) is 4.18 Å². The van der Waals surface area contributed by atoms with Gasteiger partial charge in [-0.25, -0.2) is 4.21 Å². The Morgan fingerprint density at radius 3 is 2.57 bits per heavy atom. The summed E-state index contributed by atoms with van der Waals surface area (Å²) in [6, 6.07) is 0. The number of hydrogen-bond acceptors (Lipinski definition) is 8. The second-order valence-electron chi connectivity index (χ2n) is 6.27. The normalized spacial score (nSPS) is 45.1. The van der Waals surface area contributed by atoms with Crippen molar-refractivity contribution in [3.05, 3.63) is 0 Å². The van der Waals surface area contributed by atoms with Crippen molar-refractivity contribution in [2.75, 3.05) is 13.2 Å². The minimum Gasteiger partial charge on any atom is -0.750 e. The zero-order chi connectivity index (χ0) is 15.5. The van der Waals surface area contributed by atoms with Gasteiger partial charge in [-0.1, -0.05) is 0 Å². The molecule has 5 atom stereocenters. The molecule has 0 spiro atoms. The molecule has 3 heterocycles. The molecular weight excluding hydrogens is 304 g/mol. The average Bonchev–Trinajstić information content (AvgIpc) is 2.78. The summed E-state index contributed by atoms with van der Waals surface area (Å²) in [7, 11) is 0. The molecule has 0 radical (unpaired) electrons. The van der Waals surface area contributed by atoms with Crippen LogP contribution in [-0.2, 0) is 39.2 Å². The topological polar surface area (TPSA) is 95.5 Å². The molecule has 8 nitrogen and oxygen atoms in total. The summed E-state index contributed by atoms with van der Waals surface area (Å²) < 4.78 is 55.1. The highest BCUT2D eigenvalue weighted by Gasteiger charge is 2.65. The van der Waals surface area contributed by atoms with Crippen LogP contribution >= 0.6 is 0 Å². The Morgan fingerprint density at radius 1 is 1.19 bits per heavy atom. The van der Waals surface area contributed by atoms with Crippen LogP contribution in [0.25, 0.3) is 0 Å². The fourth-order valence-corrected chi connectivity index (χ4v) is 3.34. The number of fused-ring (bicyclic) bond motifs is 3. The summed E-state index contributed by atoms with van der Waals surface area (Å²) in [6.45, 7) is 6.96. The number of rotatable bonds is 3. The highest BCUT2D eigenvalue weighted by molar-refractivity contribution is 7.74. The monoisotopic (exact) mass is 323 g/mol. The largest absolute Gasteiger partial charge is 0.750 e. The fraction of sp³-hybridized carbons (Fsp3) is 1.00. The van der Waals surface area contributed by atoms with E-state index in [1.807, 2.05) is 0 Å². The van der Waals surface area contributed by atoms with Gasteiger partial charge in [0.1, 0.15) is 24.9 Å². The molecule has 0 aromatic carbocycles. The standard InChI is InChI=1S/C12H20O8S/c1-10(2)17-7-5-15-12(6-16-21(13)14)9(8(7)18-10)19-11(3,4)20-12/h7-9H,5-6H2,1-4H3,(H,13,14)/p-1/t7-,8-,9+,12+/m1/s1. The second-order valence-corrected chi connectivity index (χ2v) is 6.91. The second kappa shape index (κ2) is 4.93. The molecular formula is C12H19O8S-. The predicted octanol–water partition coefficient (Wildman–Crippen LogP) is 0.195. The molecule has 0 bridgehead atoms. The Morgan fingerprint density at radius 2 is 1.90 bits per heavy atom. The van der Waals surface area contributed by atoms with Gasteiger partial charge in [0, 0.05) is 0 Å². The molecule has 122 valence electrons. The lowest BCUT2D eigenvalue weighted by Gasteiger charge is -2.40. The fourth-order valence-electron chi connectivity index (χ4n) is 3.08. The molecule has 3 aliphatic heterocycles. The van der Waals surface area contributed by atoms with Crippen molar-refractivity contribution in [3.63, 3.8) is 0 Å². The molecule has 0 amide bonds. The number of hydrogen-bond donors (Lipinski definition) is 0. The van der Waals surface area contributed by atoms with Gasteiger partial charge in [-0.2, -0.15) is 0 Å². The van der Waals surface area contributed by atoms with Crippen LogP contribution in [0.4, 0.5) is 0 Å². The molecule has 3 saturated heterocycles. The third-order valence-electron chi connectivity index (χ3n) is 3.63. The SMILES string of the molecule is CC1(C)O[C@@H]2[C@@H](CO[C@@]3(COS(=O)[O-])OC(C)(C)O[C@@H]23)O1. The van der Waals surface area contributed by atoms with Gasteiger partial charge in [0.05, 0.1) is 18.0 Å². The Labute approximate surface area is 125 Å². The van der Waals surface area contributed by atoms with Crippen molar-refractivity contribution in [3.8, 4) is 0 Å². The van der Waals surface area contributed by atoms with Crippen LogP contribution < -0.4 is 0 Å². The van der Waals surface area contributed by atoms with E-state index in [0.717, 1.165) is 0 Å². The van der Waals surface area contributed by atoms with Gasteiger partial charge >= 0.3 is 0 Å². The van der Waals surface area contributed by atoms with Gasteiger partial charge in [-0.05, 0) is 27.7 Å². The van der Waals surface area contributed by atoms with E-state index in [-0.39, 0.29) is 19.3 Å². The van der Waals surface area contributed by atoms with Crippen LogP contribution in [0.1, 0.15) is 27.7 Å². The van der Waals surface area contributed by atoms with E-state index in [4.69, 9.17) is 23.7 Å². The Bertz CT molecular complexity index is 453. The molecule has 0 aliphatic carbocycles. The highest BCUT2D eigenvalue weighted by atomic mass is 32.2. The van der Waals surface area contributed by atoms with Gasteiger partial charge in [-0.3, -0.25) is 4.18 Å². The average molecular weight is 323 g/mol. The molecule has 3 fully saturated rings. The van der Waals surface area contributed by atoms with E-state index in [1.54, 1.807) is 27.7 Å². The Kier molecular flexibility index (Phi) is 3.70. The van der Waals surface area contributed by atoms with Crippen molar-refractivity contribution in [1.82, 2.24) is 0 Å². The third kappa shape index (κ3) is 2.89. The molecule has 9 heteroatoms. The maximum absolute atomic E-state index is 10.7. The smallest absolute Gasteiger partial charge is 0.225 e. The van der Waals surface area contributed by atoms with Gasteiger partial charge in [0.25, 0.3) is 0 Å². The lowest BCUT2D eigenvalue weighted by Crippen LogP contribution is -2.60. The molecule has 3 aliphatic rings. The van der Waals surface area contributed by atoms with Gasteiger partial charge in [0.15, 0.2) is 11.6 Å². The zero-order valence-corrected chi connectivity index (χ0v) is 13.1. The number of ether oxygens (including phenoxy) is 5. The van der Waals surface area contributed by atoms with Crippen LogP contribution in [0, 0.1) is 0 Å². The molecule has 0 N–H and O–H groups in total. The third-order valence-corrected chi connectivity index (χ3v) is 3.94. The predicted molar refractivity (Wildman–Crippen MR) is 67.4 cm³/mol. The van der Waals surface area contributed by atoms with E-state index >= 15 is 0 Å². The minimum absolute atomic E-state index is 0.207. The van der Waals surface area contributed by atoms with Crippen molar-refractivity contribution < 1.29 is 36.6 Å². The first-order valence-corrected chi connectivity index (χ1v) is 7.73. The lowest BCUT2D eigenvalue weighted by atomic mass is 9.98. The molecule has 3 rings (SSSR count). The van der Waals surface area contributed by atoms with Gasteiger partial charge < -0.3 is 28.2 Å². The van der Waals surface area contributed by atoms with E-state index < -0.39 is 40.9 Å². The Hall–Kier alpha value is -0.130. The summed E-state index contributed by atoms with van der Waals surface area (Å²) >= 11 is -2.67. The molecule has 0 aromatic heterocycles. The first-order chi connectivity index (χ1) is 9.63. The van der Waals surface area contributed by atoms with E-state index in [1.165, 1.54) is 0 Å². The summed E-state index contributed by atoms with van der Waals surface area (Å²) in [4.78, 5) is 0. The summed E-state index contributed by atoms with van der Waals surface area (Å²) in [5, 5.41) is 0. The highest BCUT2D eigenvalue weighted by Crippen LogP contribution is 2.47. The quantitative estimate of drug-likeness (QED) is 0.680. The van der Waals surface area contributed by atoms with Crippen LogP contribution in [0.5, 0.6) is 0 Å². The maximum atomic E-state index is 10.7. The van der Waals surface area contributed by atoms with Crippen LogP contribution in [0.15, 0.2) is 0 Å².